The van der Waals surface area contributed by atoms with Crippen molar-refractivity contribution in [2.24, 2.45) is 11.8 Å². The lowest BCUT2D eigenvalue weighted by Gasteiger charge is -2.17. The van der Waals surface area contributed by atoms with Crippen LogP contribution in [0.4, 0.5) is 4.79 Å². The molecule has 7 nitrogen and oxygen atoms in total. The average Bonchev–Trinajstić information content (AvgIpc) is 2.52. The summed E-state index contributed by atoms with van der Waals surface area (Å²) in [5.41, 5.74) is 0.361. The fourth-order valence-corrected chi connectivity index (χ4v) is 2.23. The van der Waals surface area contributed by atoms with E-state index in [4.69, 9.17) is 14.6 Å². The number of ether oxygens (including phenoxy) is 2. The molecule has 0 fully saturated rings. The van der Waals surface area contributed by atoms with Crippen LogP contribution in [0.15, 0.2) is 30.3 Å². The summed E-state index contributed by atoms with van der Waals surface area (Å²) < 4.78 is 9.57. The first kappa shape index (κ1) is 19.5. The molecule has 0 aromatic heterocycles. The third-order valence-electron chi connectivity index (χ3n) is 3.19. The largest absolute Gasteiger partial charge is 0.481 e. The molecule has 0 aliphatic rings. The predicted octanol–water partition coefficient (Wildman–Crippen LogP) is 2.66. The van der Waals surface area contributed by atoms with Gasteiger partial charge >= 0.3 is 18.0 Å². The number of rotatable bonds is 9. The van der Waals surface area contributed by atoms with Gasteiger partial charge in [-0.15, -0.1) is 0 Å². The number of benzene rings is 1. The van der Waals surface area contributed by atoms with E-state index in [1.165, 1.54) is 0 Å². The van der Waals surface area contributed by atoms with Crippen molar-refractivity contribution < 1.29 is 29.0 Å². The van der Waals surface area contributed by atoms with Crippen LogP contribution in [0.3, 0.4) is 0 Å². The zero-order valence-electron chi connectivity index (χ0n) is 13.9. The Balaban J connectivity index is 2.29. The van der Waals surface area contributed by atoms with E-state index in [2.05, 4.69) is 5.32 Å². The van der Waals surface area contributed by atoms with Gasteiger partial charge in [-0.05, 0) is 30.4 Å². The lowest BCUT2D eigenvalue weighted by Crippen LogP contribution is -2.32. The average molecular weight is 337 g/mol. The topological polar surface area (TPSA) is 102 Å². The van der Waals surface area contributed by atoms with Gasteiger partial charge in [0.1, 0.15) is 0 Å². The smallest absolute Gasteiger partial charge is 0.410 e. The van der Waals surface area contributed by atoms with Gasteiger partial charge in [-0.1, -0.05) is 32.0 Å². The number of amides is 1. The summed E-state index contributed by atoms with van der Waals surface area (Å²) in [4.78, 5) is 34.0. The highest BCUT2D eigenvalue weighted by molar-refractivity contribution is 5.89. The molecule has 1 rings (SSSR count). The molecule has 132 valence electrons. The van der Waals surface area contributed by atoms with Crippen LogP contribution in [-0.2, 0) is 14.3 Å². The van der Waals surface area contributed by atoms with Crippen molar-refractivity contribution in [1.82, 2.24) is 5.32 Å². The predicted molar refractivity (Wildman–Crippen MR) is 86.4 cm³/mol. The lowest BCUT2D eigenvalue weighted by atomic mass is 9.94. The third-order valence-corrected chi connectivity index (χ3v) is 3.19. The van der Waals surface area contributed by atoms with Crippen LogP contribution in [0.5, 0.6) is 0 Å². The highest BCUT2D eigenvalue weighted by Crippen LogP contribution is 2.14. The second kappa shape index (κ2) is 10.3. The van der Waals surface area contributed by atoms with Crippen LogP contribution in [0.25, 0.3) is 0 Å². The molecule has 0 heterocycles. The van der Waals surface area contributed by atoms with Crippen molar-refractivity contribution in [3.63, 3.8) is 0 Å². The molecule has 0 saturated heterocycles. The van der Waals surface area contributed by atoms with Gasteiger partial charge < -0.3 is 19.9 Å². The maximum atomic E-state index is 11.6. The van der Waals surface area contributed by atoms with Gasteiger partial charge in [-0.3, -0.25) is 4.79 Å². The number of carbonyl (C=O) groups excluding carboxylic acids is 2. The van der Waals surface area contributed by atoms with Crippen molar-refractivity contribution in [3.05, 3.63) is 35.9 Å². The Morgan fingerprint density at radius 3 is 2.38 bits per heavy atom. The van der Waals surface area contributed by atoms with Crippen LogP contribution < -0.4 is 5.32 Å². The fourth-order valence-electron chi connectivity index (χ4n) is 2.23. The zero-order valence-corrected chi connectivity index (χ0v) is 13.9. The Morgan fingerprint density at radius 2 is 1.79 bits per heavy atom. The van der Waals surface area contributed by atoms with E-state index in [0.717, 1.165) is 0 Å². The normalized spacial score (nSPS) is 11.6. The number of hydrogen-bond donors (Lipinski definition) is 2. The van der Waals surface area contributed by atoms with E-state index in [-0.39, 0.29) is 18.9 Å². The van der Waals surface area contributed by atoms with Crippen LogP contribution >= 0.6 is 0 Å². The summed E-state index contributed by atoms with van der Waals surface area (Å²) in [6.07, 6.45) is -0.105. The van der Waals surface area contributed by atoms with Crippen molar-refractivity contribution in [3.8, 4) is 0 Å². The highest BCUT2D eigenvalue weighted by Gasteiger charge is 2.16. The Hall–Kier alpha value is -2.57. The summed E-state index contributed by atoms with van der Waals surface area (Å²) in [7, 11) is 0. The van der Waals surface area contributed by atoms with Crippen molar-refractivity contribution >= 4 is 18.0 Å². The number of carbonyl (C=O) groups is 3. The molecular weight excluding hydrogens is 314 g/mol. The van der Waals surface area contributed by atoms with Gasteiger partial charge in [0.05, 0.1) is 5.56 Å². The second-order valence-corrected chi connectivity index (χ2v) is 5.82. The molecule has 0 aliphatic carbocycles. The Kier molecular flexibility index (Phi) is 8.32. The number of hydrogen-bond acceptors (Lipinski definition) is 5. The number of esters is 1. The molecule has 0 aliphatic heterocycles. The summed E-state index contributed by atoms with van der Waals surface area (Å²) in [5.74, 6) is -1.36. The van der Waals surface area contributed by atoms with Gasteiger partial charge in [0.25, 0.3) is 0 Å². The number of carboxylic acid groups (broad SMARTS) is 1. The Labute approximate surface area is 141 Å². The molecule has 1 amide bonds. The molecule has 0 bridgehead atoms. The molecule has 0 saturated carbocycles. The first-order chi connectivity index (χ1) is 11.4. The van der Waals surface area contributed by atoms with Crippen LogP contribution in [0.2, 0.25) is 0 Å². The van der Waals surface area contributed by atoms with Gasteiger partial charge in [0, 0.05) is 13.0 Å². The minimum Gasteiger partial charge on any atom is -0.481 e. The minimum atomic E-state index is -0.910. The third kappa shape index (κ3) is 8.17. The van der Waals surface area contributed by atoms with E-state index in [1.54, 1.807) is 30.3 Å². The summed E-state index contributed by atoms with van der Waals surface area (Å²) in [5, 5.41) is 11.4. The standard InChI is InChI=1S/C17H23NO6/c1-12(2)8-13(9-15(19)20)10-18-17(22)24-11-23-16(21)14-6-4-3-5-7-14/h3-7,12-13H,8-11H2,1-2H3,(H,18,22)(H,19,20)/t13-/m0/s1. The fraction of sp³-hybridized carbons (Fsp3) is 0.471. The lowest BCUT2D eigenvalue weighted by molar-refractivity contribution is -0.138. The molecule has 1 atom stereocenters. The SMILES string of the molecule is CC(C)C[C@H](CNC(=O)OCOC(=O)c1ccccc1)CC(=O)O. The summed E-state index contributed by atoms with van der Waals surface area (Å²) in [6.45, 7) is 3.65. The zero-order chi connectivity index (χ0) is 17.9. The van der Waals surface area contributed by atoms with E-state index >= 15 is 0 Å². The van der Waals surface area contributed by atoms with E-state index in [1.807, 2.05) is 13.8 Å². The molecule has 0 spiro atoms. The molecule has 1 aromatic carbocycles. The van der Waals surface area contributed by atoms with Crippen molar-refractivity contribution in [2.75, 3.05) is 13.3 Å². The number of carboxylic acids is 1. The molecular formula is C17H23NO6. The molecule has 0 unspecified atom stereocenters. The van der Waals surface area contributed by atoms with Crippen LogP contribution in [-0.4, -0.2) is 36.5 Å². The first-order valence-corrected chi connectivity index (χ1v) is 7.73. The number of alkyl carbamates (subject to hydrolysis) is 1. The quantitative estimate of drug-likeness (QED) is 0.530. The van der Waals surface area contributed by atoms with Gasteiger partial charge in [-0.2, -0.15) is 0 Å². The van der Waals surface area contributed by atoms with Crippen LogP contribution in [0, 0.1) is 11.8 Å². The molecule has 24 heavy (non-hydrogen) atoms. The molecule has 2 N–H and O–H groups in total. The maximum absolute atomic E-state index is 11.6. The highest BCUT2D eigenvalue weighted by atomic mass is 16.7. The van der Waals surface area contributed by atoms with E-state index in [9.17, 15) is 14.4 Å². The monoisotopic (exact) mass is 337 g/mol. The summed E-state index contributed by atoms with van der Waals surface area (Å²) >= 11 is 0. The van der Waals surface area contributed by atoms with Gasteiger partial charge in [0.2, 0.25) is 6.79 Å². The van der Waals surface area contributed by atoms with Crippen molar-refractivity contribution in [1.29, 1.82) is 0 Å². The van der Waals surface area contributed by atoms with E-state index < -0.39 is 24.8 Å². The number of nitrogens with one attached hydrogen (secondary N) is 1. The van der Waals surface area contributed by atoms with E-state index in [0.29, 0.717) is 17.9 Å². The van der Waals surface area contributed by atoms with Gasteiger partial charge in [0.15, 0.2) is 0 Å². The number of aliphatic carboxylic acids is 1. The molecule has 0 radical (unpaired) electrons. The minimum absolute atomic E-state index is 0.0263. The molecule has 1 aromatic rings. The summed E-state index contributed by atoms with van der Waals surface area (Å²) in [6, 6.07) is 8.34. The van der Waals surface area contributed by atoms with Gasteiger partial charge in [-0.25, -0.2) is 9.59 Å². The Bertz CT molecular complexity index is 543. The Morgan fingerprint density at radius 1 is 1.12 bits per heavy atom. The maximum Gasteiger partial charge on any atom is 0.410 e. The van der Waals surface area contributed by atoms with Crippen LogP contribution in [0.1, 0.15) is 37.0 Å². The second-order valence-electron chi connectivity index (χ2n) is 5.82. The van der Waals surface area contributed by atoms with Crippen molar-refractivity contribution in [2.45, 2.75) is 26.7 Å². The first-order valence-electron chi connectivity index (χ1n) is 7.73. The molecule has 7 heteroatoms.